The van der Waals surface area contributed by atoms with E-state index in [1.54, 1.807) is 17.1 Å². The van der Waals surface area contributed by atoms with Crippen LogP contribution in [0.15, 0.2) is 61.1 Å². The van der Waals surface area contributed by atoms with Crippen LogP contribution in [0, 0.1) is 12.7 Å². The van der Waals surface area contributed by atoms with Gasteiger partial charge in [-0.1, -0.05) is 12.1 Å². The van der Waals surface area contributed by atoms with Gasteiger partial charge in [-0.25, -0.2) is 9.37 Å². The van der Waals surface area contributed by atoms with Crippen molar-refractivity contribution < 1.29 is 17.9 Å². The number of hydrogen-bond acceptors (Lipinski definition) is 6. The average Bonchev–Trinajstić information content (AvgIpc) is 3.64. The molecule has 0 bridgehead atoms. The summed E-state index contributed by atoms with van der Waals surface area (Å²) in [5, 5.41) is 15.5. The molecule has 0 spiro atoms. The third-order valence-corrected chi connectivity index (χ3v) is 6.94. The number of halogens is 3. The highest BCUT2D eigenvalue weighted by atomic mass is 19.3. The Balaban J connectivity index is 1.43. The van der Waals surface area contributed by atoms with Gasteiger partial charge in [0.05, 0.1) is 30.1 Å². The molecule has 39 heavy (non-hydrogen) atoms. The molecule has 0 amide bonds. The summed E-state index contributed by atoms with van der Waals surface area (Å²) in [6.45, 7) is 2.44. The lowest BCUT2D eigenvalue weighted by Crippen LogP contribution is -2.31. The number of pyridine rings is 1. The third-order valence-electron chi connectivity index (χ3n) is 6.94. The van der Waals surface area contributed by atoms with Crippen LogP contribution in [0.4, 0.5) is 24.8 Å². The summed E-state index contributed by atoms with van der Waals surface area (Å²) < 4.78 is 56.2. The van der Waals surface area contributed by atoms with Crippen molar-refractivity contribution >= 4 is 11.6 Å². The number of benzene rings is 1. The fraction of sp³-hybridized carbons (Fsp3) is 0.259. The van der Waals surface area contributed by atoms with Gasteiger partial charge in [0.1, 0.15) is 17.5 Å². The number of nitrogens with zero attached hydrogens (tertiary/aromatic N) is 7. The molecule has 12 heteroatoms. The highest BCUT2D eigenvalue weighted by Gasteiger charge is 2.45. The zero-order valence-electron chi connectivity index (χ0n) is 21.4. The molecule has 1 atom stereocenters. The van der Waals surface area contributed by atoms with E-state index in [0.717, 1.165) is 34.6 Å². The van der Waals surface area contributed by atoms with Crippen LogP contribution in [0.2, 0.25) is 0 Å². The fourth-order valence-electron chi connectivity index (χ4n) is 5.02. The summed E-state index contributed by atoms with van der Waals surface area (Å²) in [5.74, 6) is -3.65. The van der Waals surface area contributed by atoms with Gasteiger partial charge in [0.25, 0.3) is 0 Å². The van der Waals surface area contributed by atoms with E-state index >= 15 is 8.78 Å². The summed E-state index contributed by atoms with van der Waals surface area (Å²) in [4.78, 5) is 4.48. The van der Waals surface area contributed by atoms with Crippen LogP contribution in [0.1, 0.15) is 23.0 Å². The lowest BCUT2D eigenvalue weighted by molar-refractivity contribution is 0.0199. The molecule has 1 aliphatic rings. The van der Waals surface area contributed by atoms with Gasteiger partial charge >= 0.3 is 5.92 Å². The molecule has 9 nitrogen and oxygen atoms in total. The maximum Gasteiger partial charge on any atom is 0.334 e. The number of anilines is 2. The SMILES string of the molecule is COC[C@H]1Cn2cc(-c3cc(Nc4ccnn4C)ncc3C)cc2-c2nnc(C(F)(F)c3ccccc3F)n21. The van der Waals surface area contributed by atoms with Gasteiger partial charge in [-0.3, -0.25) is 9.25 Å². The van der Waals surface area contributed by atoms with E-state index in [1.807, 2.05) is 42.9 Å². The predicted octanol–water partition coefficient (Wildman–Crippen LogP) is 5.07. The van der Waals surface area contributed by atoms with Gasteiger partial charge < -0.3 is 14.6 Å². The summed E-state index contributed by atoms with van der Waals surface area (Å²) in [5.41, 5.74) is 2.60. The van der Waals surface area contributed by atoms with Gasteiger partial charge in [-0.15, -0.1) is 10.2 Å². The summed E-state index contributed by atoms with van der Waals surface area (Å²) in [7, 11) is 3.34. The van der Waals surface area contributed by atoms with Crippen molar-refractivity contribution in [3.8, 4) is 22.6 Å². The molecule has 0 saturated heterocycles. The number of fused-ring (bicyclic) bond motifs is 3. The average molecular weight is 535 g/mol. The van der Waals surface area contributed by atoms with E-state index in [0.29, 0.717) is 18.1 Å². The van der Waals surface area contributed by atoms with Crippen LogP contribution in [-0.2, 0) is 24.3 Å². The molecule has 200 valence electrons. The van der Waals surface area contributed by atoms with Crippen molar-refractivity contribution in [2.45, 2.75) is 25.4 Å². The van der Waals surface area contributed by atoms with Crippen LogP contribution in [-0.4, -0.2) is 47.8 Å². The minimum absolute atomic E-state index is 0.144. The second kappa shape index (κ2) is 9.38. The molecule has 0 radical (unpaired) electrons. The largest absolute Gasteiger partial charge is 0.382 e. The second-order valence-corrected chi connectivity index (χ2v) is 9.50. The maximum atomic E-state index is 15.7. The molecule has 4 aromatic heterocycles. The van der Waals surface area contributed by atoms with Gasteiger partial charge in [-0.2, -0.15) is 13.9 Å². The quantitative estimate of drug-likeness (QED) is 0.314. The molecule has 0 fully saturated rings. The molecule has 0 aliphatic carbocycles. The molecule has 6 rings (SSSR count). The first-order chi connectivity index (χ1) is 18.8. The molecular formula is C27H25F3N8O. The minimum Gasteiger partial charge on any atom is -0.382 e. The standard InChI is InChI=1S/C27H25F3N8O/c1-16-12-31-23(33-24-8-9-32-36(24)2)11-19(16)17-10-22-25-34-35-26(27(29,30)20-6-4-5-7-21(20)28)38(25)18(15-39-3)14-37(22)13-17/h4-13,18H,14-15H2,1-3H3,(H,31,33)/t18-/m1/s1. The van der Waals surface area contributed by atoms with Crippen LogP contribution < -0.4 is 5.32 Å². The van der Waals surface area contributed by atoms with Crippen LogP contribution in [0.3, 0.4) is 0 Å². The lowest BCUT2D eigenvalue weighted by Gasteiger charge is -2.29. The Labute approximate surface area is 221 Å². The molecular weight excluding hydrogens is 509 g/mol. The van der Waals surface area contributed by atoms with Crippen LogP contribution in [0.25, 0.3) is 22.6 Å². The first kappa shape index (κ1) is 24.9. The molecule has 5 heterocycles. The second-order valence-electron chi connectivity index (χ2n) is 9.50. The Morgan fingerprint density at radius 1 is 1.15 bits per heavy atom. The smallest absolute Gasteiger partial charge is 0.334 e. The van der Waals surface area contributed by atoms with Gasteiger partial charge in [0.15, 0.2) is 5.82 Å². The monoisotopic (exact) mass is 534 g/mol. The number of aromatic nitrogens is 7. The first-order valence-electron chi connectivity index (χ1n) is 12.3. The van der Waals surface area contributed by atoms with Crippen molar-refractivity contribution in [3.05, 3.63) is 83.8 Å². The van der Waals surface area contributed by atoms with E-state index in [9.17, 15) is 4.39 Å². The van der Waals surface area contributed by atoms with Crippen LogP contribution in [0.5, 0.6) is 0 Å². The lowest BCUT2D eigenvalue weighted by atomic mass is 10.0. The van der Waals surface area contributed by atoms with E-state index in [-0.39, 0.29) is 12.4 Å². The van der Waals surface area contributed by atoms with Gasteiger partial charge in [0, 0.05) is 44.7 Å². The Hall–Kier alpha value is -4.45. The normalized spacial score (nSPS) is 14.8. The Morgan fingerprint density at radius 2 is 1.97 bits per heavy atom. The molecule has 0 unspecified atom stereocenters. The topological polar surface area (TPSA) is 87.6 Å². The number of ether oxygens (including phenoxy) is 1. The van der Waals surface area contributed by atoms with Gasteiger partial charge in [0.2, 0.25) is 5.82 Å². The van der Waals surface area contributed by atoms with Crippen molar-refractivity contribution in [2.75, 3.05) is 19.0 Å². The van der Waals surface area contributed by atoms with Crippen LogP contribution >= 0.6 is 0 Å². The van der Waals surface area contributed by atoms with Crippen molar-refractivity contribution in [1.29, 1.82) is 0 Å². The number of methoxy groups -OCH3 is 1. The van der Waals surface area contributed by atoms with E-state index in [1.165, 1.54) is 23.8 Å². The first-order valence-corrected chi connectivity index (χ1v) is 12.3. The number of alkyl halides is 2. The number of hydrogen-bond donors (Lipinski definition) is 1. The summed E-state index contributed by atoms with van der Waals surface area (Å²) in [6.07, 6.45) is 5.42. The Bertz CT molecular complexity index is 1670. The van der Waals surface area contributed by atoms with Crippen molar-refractivity contribution in [2.24, 2.45) is 7.05 Å². The predicted molar refractivity (Wildman–Crippen MR) is 138 cm³/mol. The zero-order chi connectivity index (χ0) is 27.3. The van der Waals surface area contributed by atoms with E-state index in [4.69, 9.17) is 4.74 Å². The third kappa shape index (κ3) is 4.16. The van der Waals surface area contributed by atoms with E-state index in [2.05, 4.69) is 25.6 Å². The van der Waals surface area contributed by atoms with Crippen molar-refractivity contribution in [1.82, 2.24) is 34.1 Å². The van der Waals surface area contributed by atoms with Crippen molar-refractivity contribution in [3.63, 3.8) is 0 Å². The summed E-state index contributed by atoms with van der Waals surface area (Å²) in [6, 6.07) is 9.96. The molecule has 0 saturated carbocycles. The Morgan fingerprint density at radius 3 is 2.72 bits per heavy atom. The Kier molecular flexibility index (Phi) is 5.98. The molecule has 5 aromatic rings. The number of aryl methyl sites for hydroxylation is 2. The summed E-state index contributed by atoms with van der Waals surface area (Å²) >= 11 is 0. The number of rotatable bonds is 7. The van der Waals surface area contributed by atoms with E-state index < -0.39 is 29.2 Å². The molecule has 1 aliphatic heterocycles. The fourth-order valence-corrected chi connectivity index (χ4v) is 5.02. The highest BCUT2D eigenvalue weighted by molar-refractivity contribution is 5.75. The van der Waals surface area contributed by atoms with Gasteiger partial charge in [-0.05, 0) is 42.3 Å². The highest BCUT2D eigenvalue weighted by Crippen LogP contribution is 2.42. The minimum atomic E-state index is -3.70. The maximum absolute atomic E-state index is 15.7. The molecule has 1 aromatic carbocycles. The zero-order valence-corrected chi connectivity index (χ0v) is 21.4. The molecule has 1 N–H and O–H groups in total. The number of nitrogens with one attached hydrogen (secondary N) is 1.